The first kappa shape index (κ1) is 13.8. The van der Waals surface area contributed by atoms with E-state index < -0.39 is 0 Å². The van der Waals surface area contributed by atoms with Crippen LogP contribution in [0.25, 0.3) is 0 Å². The number of nitrogens with zero attached hydrogens (tertiary/aromatic N) is 1. The van der Waals surface area contributed by atoms with Gasteiger partial charge in [-0.25, -0.2) is 0 Å². The second-order valence-electron chi connectivity index (χ2n) is 3.66. The highest BCUT2D eigenvalue weighted by Crippen LogP contribution is 2.28. The lowest BCUT2D eigenvalue weighted by atomic mass is 10.2. The second-order valence-corrected chi connectivity index (χ2v) is 4.92. The number of hydrogen-bond donors (Lipinski definition) is 1. The third-order valence-corrected chi connectivity index (χ3v) is 3.37. The SMILES string of the molecule is COc1ccc(NC(=O)c2cnccc2Cl)cc1Br. The normalized spacial score (nSPS) is 10.1. The molecule has 0 bridgehead atoms. The maximum atomic E-state index is 12.0. The molecule has 1 amide bonds. The van der Waals surface area contributed by atoms with Crippen molar-refractivity contribution in [3.63, 3.8) is 0 Å². The summed E-state index contributed by atoms with van der Waals surface area (Å²) >= 11 is 9.29. The molecule has 0 aliphatic rings. The molecule has 0 spiro atoms. The average Bonchev–Trinajstić information content (AvgIpc) is 2.39. The molecule has 0 radical (unpaired) electrons. The van der Waals surface area contributed by atoms with E-state index in [4.69, 9.17) is 16.3 Å². The van der Waals surface area contributed by atoms with Crippen LogP contribution in [0.1, 0.15) is 10.4 Å². The molecular formula is C13H10BrClN2O2. The number of rotatable bonds is 3. The molecule has 0 unspecified atom stereocenters. The Balaban J connectivity index is 2.20. The van der Waals surface area contributed by atoms with Crippen molar-refractivity contribution in [3.8, 4) is 5.75 Å². The van der Waals surface area contributed by atoms with Crippen LogP contribution in [-0.4, -0.2) is 18.0 Å². The van der Waals surface area contributed by atoms with Gasteiger partial charge in [-0.15, -0.1) is 0 Å². The number of halogens is 2. The van der Waals surface area contributed by atoms with Crippen molar-refractivity contribution in [3.05, 3.63) is 51.7 Å². The molecule has 0 saturated heterocycles. The fourth-order valence-electron chi connectivity index (χ4n) is 1.49. The number of pyridine rings is 1. The van der Waals surface area contributed by atoms with E-state index in [1.165, 1.54) is 12.4 Å². The minimum atomic E-state index is -0.310. The molecule has 1 aromatic carbocycles. The zero-order valence-corrected chi connectivity index (χ0v) is 12.3. The van der Waals surface area contributed by atoms with Crippen LogP contribution >= 0.6 is 27.5 Å². The molecule has 2 aromatic rings. The minimum Gasteiger partial charge on any atom is -0.496 e. The highest BCUT2D eigenvalue weighted by Gasteiger charge is 2.11. The fraction of sp³-hybridized carbons (Fsp3) is 0.0769. The largest absolute Gasteiger partial charge is 0.496 e. The molecular weight excluding hydrogens is 332 g/mol. The Morgan fingerprint density at radius 2 is 2.21 bits per heavy atom. The Labute approximate surface area is 123 Å². The van der Waals surface area contributed by atoms with E-state index in [0.29, 0.717) is 22.0 Å². The van der Waals surface area contributed by atoms with Gasteiger partial charge in [0.15, 0.2) is 0 Å². The third kappa shape index (κ3) is 3.24. The summed E-state index contributed by atoms with van der Waals surface area (Å²) < 4.78 is 5.87. The topological polar surface area (TPSA) is 51.2 Å². The third-order valence-electron chi connectivity index (χ3n) is 2.42. The molecule has 2 rings (SSSR count). The van der Waals surface area contributed by atoms with Gasteiger partial charge < -0.3 is 10.1 Å². The van der Waals surface area contributed by atoms with Gasteiger partial charge in [0.05, 0.1) is 22.2 Å². The van der Waals surface area contributed by atoms with Crippen LogP contribution in [-0.2, 0) is 0 Å². The fourth-order valence-corrected chi connectivity index (χ4v) is 2.22. The van der Waals surface area contributed by atoms with Gasteiger partial charge in [-0.05, 0) is 40.2 Å². The highest BCUT2D eigenvalue weighted by atomic mass is 79.9. The number of benzene rings is 1. The minimum absolute atomic E-state index is 0.310. The lowest BCUT2D eigenvalue weighted by molar-refractivity contribution is 0.102. The number of ether oxygens (including phenoxy) is 1. The van der Waals surface area contributed by atoms with E-state index in [2.05, 4.69) is 26.2 Å². The van der Waals surface area contributed by atoms with Crippen molar-refractivity contribution in [2.75, 3.05) is 12.4 Å². The molecule has 1 heterocycles. The summed E-state index contributed by atoms with van der Waals surface area (Å²) in [7, 11) is 1.58. The first-order chi connectivity index (χ1) is 9.11. The van der Waals surface area contributed by atoms with Crippen LogP contribution in [0.4, 0.5) is 5.69 Å². The smallest absolute Gasteiger partial charge is 0.258 e. The van der Waals surface area contributed by atoms with Crippen LogP contribution in [0, 0.1) is 0 Å². The summed E-state index contributed by atoms with van der Waals surface area (Å²) in [5.41, 5.74) is 0.966. The molecule has 4 nitrogen and oxygen atoms in total. The number of amides is 1. The molecule has 1 N–H and O–H groups in total. The number of hydrogen-bond acceptors (Lipinski definition) is 3. The quantitative estimate of drug-likeness (QED) is 0.925. The van der Waals surface area contributed by atoms with Crippen LogP contribution in [0.15, 0.2) is 41.1 Å². The number of nitrogens with one attached hydrogen (secondary N) is 1. The van der Waals surface area contributed by atoms with Gasteiger partial charge in [0, 0.05) is 18.1 Å². The van der Waals surface area contributed by atoms with E-state index in [-0.39, 0.29) is 5.91 Å². The van der Waals surface area contributed by atoms with Crippen LogP contribution in [0.2, 0.25) is 5.02 Å². The summed E-state index contributed by atoms with van der Waals surface area (Å²) in [4.78, 5) is 15.9. The van der Waals surface area contributed by atoms with Crippen molar-refractivity contribution >= 4 is 39.1 Å². The predicted molar refractivity (Wildman–Crippen MR) is 77.9 cm³/mol. The number of carbonyl (C=O) groups is 1. The average molecular weight is 342 g/mol. The molecule has 0 aliphatic carbocycles. The number of anilines is 1. The molecule has 19 heavy (non-hydrogen) atoms. The van der Waals surface area contributed by atoms with Gasteiger partial charge in [-0.2, -0.15) is 0 Å². The first-order valence-electron chi connectivity index (χ1n) is 5.36. The summed E-state index contributed by atoms with van der Waals surface area (Å²) in [6.07, 6.45) is 2.96. The van der Waals surface area contributed by atoms with Crippen molar-refractivity contribution in [1.82, 2.24) is 4.98 Å². The molecule has 0 atom stereocenters. The Morgan fingerprint density at radius 1 is 1.42 bits per heavy atom. The van der Waals surface area contributed by atoms with Gasteiger partial charge in [0.1, 0.15) is 5.75 Å². The molecule has 0 saturated carbocycles. The number of aromatic nitrogens is 1. The van der Waals surface area contributed by atoms with Gasteiger partial charge in [0.25, 0.3) is 5.91 Å². The van der Waals surface area contributed by atoms with E-state index in [1.807, 2.05) is 0 Å². The van der Waals surface area contributed by atoms with Crippen molar-refractivity contribution in [1.29, 1.82) is 0 Å². The highest BCUT2D eigenvalue weighted by molar-refractivity contribution is 9.10. The standard InChI is InChI=1S/C13H10BrClN2O2/c1-19-12-3-2-8(6-10(12)14)17-13(18)9-7-16-5-4-11(9)15/h2-7H,1H3,(H,17,18). The maximum Gasteiger partial charge on any atom is 0.258 e. The Kier molecular flexibility index (Phi) is 4.39. The van der Waals surface area contributed by atoms with Crippen molar-refractivity contribution in [2.24, 2.45) is 0 Å². The lowest BCUT2D eigenvalue weighted by Crippen LogP contribution is -2.12. The summed E-state index contributed by atoms with van der Waals surface area (Å²) in [5, 5.41) is 3.10. The number of methoxy groups -OCH3 is 1. The molecule has 98 valence electrons. The second kappa shape index (κ2) is 6.04. The first-order valence-corrected chi connectivity index (χ1v) is 6.53. The van der Waals surface area contributed by atoms with E-state index in [9.17, 15) is 4.79 Å². The Bertz CT molecular complexity index is 619. The van der Waals surface area contributed by atoms with E-state index >= 15 is 0 Å². The zero-order valence-electron chi connectivity index (χ0n) is 9.98. The van der Waals surface area contributed by atoms with E-state index in [1.54, 1.807) is 31.4 Å². The predicted octanol–water partition coefficient (Wildman–Crippen LogP) is 3.76. The molecule has 0 fully saturated rings. The van der Waals surface area contributed by atoms with Gasteiger partial charge in [-0.1, -0.05) is 11.6 Å². The molecule has 6 heteroatoms. The molecule has 1 aromatic heterocycles. The Hall–Kier alpha value is -1.59. The zero-order chi connectivity index (χ0) is 13.8. The van der Waals surface area contributed by atoms with E-state index in [0.717, 1.165) is 4.47 Å². The van der Waals surface area contributed by atoms with Gasteiger partial charge in [-0.3, -0.25) is 9.78 Å². The Morgan fingerprint density at radius 3 is 2.84 bits per heavy atom. The van der Waals surface area contributed by atoms with Crippen molar-refractivity contribution < 1.29 is 9.53 Å². The lowest BCUT2D eigenvalue weighted by Gasteiger charge is -2.08. The summed E-state index contributed by atoms with van der Waals surface area (Å²) in [6.45, 7) is 0. The monoisotopic (exact) mass is 340 g/mol. The maximum absolute atomic E-state index is 12.0. The van der Waals surface area contributed by atoms with Crippen LogP contribution in [0.3, 0.4) is 0 Å². The van der Waals surface area contributed by atoms with Gasteiger partial charge >= 0.3 is 0 Å². The summed E-state index contributed by atoms with van der Waals surface area (Å²) in [6, 6.07) is 6.82. The van der Waals surface area contributed by atoms with Crippen molar-refractivity contribution in [2.45, 2.75) is 0 Å². The number of carbonyl (C=O) groups excluding carboxylic acids is 1. The van der Waals surface area contributed by atoms with Crippen LogP contribution < -0.4 is 10.1 Å². The van der Waals surface area contributed by atoms with Gasteiger partial charge in [0.2, 0.25) is 0 Å². The van der Waals surface area contributed by atoms with Crippen LogP contribution in [0.5, 0.6) is 5.75 Å². The molecule has 0 aliphatic heterocycles. The summed E-state index contributed by atoms with van der Waals surface area (Å²) in [5.74, 6) is 0.382.